The minimum absolute atomic E-state index is 0.0927. The van der Waals surface area contributed by atoms with E-state index >= 15 is 0 Å². The average molecular weight is 595 g/mol. The molecule has 2 aromatic carbocycles. The lowest BCUT2D eigenvalue weighted by molar-refractivity contribution is -0.274. The first-order valence-corrected chi connectivity index (χ1v) is 14.9. The van der Waals surface area contributed by atoms with Crippen LogP contribution in [0.3, 0.4) is 0 Å². The molecular formula is C32H36F6N2O2. The predicted molar refractivity (Wildman–Crippen MR) is 145 cm³/mol. The number of nitrogens with one attached hydrogen (secondary N) is 1. The van der Waals surface area contributed by atoms with Gasteiger partial charge in [-0.15, -0.1) is 13.2 Å². The van der Waals surface area contributed by atoms with Crippen molar-refractivity contribution in [3.63, 3.8) is 0 Å². The summed E-state index contributed by atoms with van der Waals surface area (Å²) in [5.74, 6) is -0.465. The molecule has 1 spiro atoms. The Kier molecular flexibility index (Phi) is 7.30. The molecule has 228 valence electrons. The molecule has 4 atom stereocenters. The quantitative estimate of drug-likeness (QED) is 0.355. The maximum absolute atomic E-state index is 13.7. The molecule has 0 bridgehead atoms. The SMILES string of the molecule is C[C@H]1CN(C2CCC(C(=O)NCc3cc(OC(F)(F)F)cc(C(F)(F)F)c3)(C3CC3)C2)CC[C@@]12CCc1ccccc12. The summed E-state index contributed by atoms with van der Waals surface area (Å²) in [6.07, 6.45) is -2.46. The maximum atomic E-state index is 13.7. The van der Waals surface area contributed by atoms with Gasteiger partial charge >= 0.3 is 12.5 Å². The van der Waals surface area contributed by atoms with E-state index < -0.39 is 29.3 Å². The minimum atomic E-state index is -5.13. The molecule has 1 amide bonds. The van der Waals surface area contributed by atoms with Gasteiger partial charge < -0.3 is 15.0 Å². The van der Waals surface area contributed by atoms with Gasteiger partial charge in [0.2, 0.25) is 5.91 Å². The Morgan fingerprint density at radius 1 is 1.02 bits per heavy atom. The van der Waals surface area contributed by atoms with Gasteiger partial charge in [0.05, 0.1) is 11.0 Å². The van der Waals surface area contributed by atoms with E-state index in [0.717, 1.165) is 57.3 Å². The van der Waals surface area contributed by atoms with Gasteiger partial charge in [-0.25, -0.2) is 0 Å². The number of carbonyl (C=O) groups excluding carboxylic acids is 1. The van der Waals surface area contributed by atoms with Crippen LogP contribution in [0.25, 0.3) is 0 Å². The van der Waals surface area contributed by atoms with Crippen LogP contribution in [0.15, 0.2) is 42.5 Å². The lowest BCUT2D eigenvalue weighted by atomic mass is 9.67. The molecule has 6 rings (SSSR count). The van der Waals surface area contributed by atoms with Crippen LogP contribution in [-0.4, -0.2) is 36.3 Å². The van der Waals surface area contributed by atoms with Crippen molar-refractivity contribution in [2.75, 3.05) is 13.1 Å². The number of hydrogen-bond donors (Lipinski definition) is 1. The van der Waals surface area contributed by atoms with Gasteiger partial charge in [-0.05, 0) is 105 Å². The molecule has 42 heavy (non-hydrogen) atoms. The second-order valence-electron chi connectivity index (χ2n) is 12.9. The fourth-order valence-electron chi connectivity index (χ4n) is 8.26. The number of alkyl halides is 6. The first-order chi connectivity index (χ1) is 19.8. The summed E-state index contributed by atoms with van der Waals surface area (Å²) < 4.78 is 82.2. The number of carbonyl (C=O) groups is 1. The minimum Gasteiger partial charge on any atom is -0.406 e. The molecule has 4 aliphatic rings. The molecule has 1 heterocycles. The van der Waals surface area contributed by atoms with Crippen molar-refractivity contribution in [2.24, 2.45) is 17.3 Å². The van der Waals surface area contributed by atoms with E-state index in [4.69, 9.17) is 0 Å². The standard InChI is InChI=1S/C32H36F6N2O2/c1-20-19-40(13-12-29(20)10-8-22-4-2-3-5-27(22)29)25-9-11-30(17-25,23-6-7-23)28(41)39-18-21-14-24(31(33,34)35)16-26(15-21)42-32(36,37)38/h2-5,14-16,20,23,25H,6-13,17-19H2,1H3,(H,39,41)/t20-,25?,29-,30?/m0/s1. The fraction of sp³-hybridized carbons (Fsp3) is 0.594. The zero-order chi connectivity index (χ0) is 29.9. The molecule has 4 nitrogen and oxygen atoms in total. The molecule has 0 radical (unpaired) electrons. The highest BCUT2D eigenvalue weighted by molar-refractivity contribution is 5.84. The number of ether oxygens (including phenoxy) is 1. The average Bonchev–Trinajstić information content (AvgIpc) is 3.58. The van der Waals surface area contributed by atoms with E-state index in [1.807, 2.05) is 0 Å². The zero-order valence-electron chi connectivity index (χ0n) is 23.6. The molecule has 0 aromatic heterocycles. The number of nitrogens with zero attached hydrogens (tertiary/aromatic N) is 1. The van der Waals surface area contributed by atoms with Crippen LogP contribution < -0.4 is 10.1 Å². The fourth-order valence-corrected chi connectivity index (χ4v) is 8.26. The first-order valence-electron chi connectivity index (χ1n) is 14.9. The second-order valence-corrected chi connectivity index (χ2v) is 12.9. The van der Waals surface area contributed by atoms with Gasteiger partial charge in [0.1, 0.15) is 5.75 Å². The summed E-state index contributed by atoms with van der Waals surface area (Å²) in [5, 5.41) is 2.79. The summed E-state index contributed by atoms with van der Waals surface area (Å²) in [4.78, 5) is 16.2. The van der Waals surface area contributed by atoms with E-state index in [1.54, 1.807) is 0 Å². The zero-order valence-corrected chi connectivity index (χ0v) is 23.6. The maximum Gasteiger partial charge on any atom is 0.573 e. The molecule has 3 fully saturated rings. The van der Waals surface area contributed by atoms with Gasteiger partial charge in [-0.1, -0.05) is 31.2 Å². The summed E-state index contributed by atoms with van der Waals surface area (Å²) >= 11 is 0. The number of rotatable bonds is 6. The Morgan fingerprint density at radius 2 is 1.79 bits per heavy atom. The lowest BCUT2D eigenvalue weighted by Crippen LogP contribution is -2.51. The molecule has 2 unspecified atom stereocenters. The molecule has 2 saturated carbocycles. The number of piperidine rings is 1. The van der Waals surface area contributed by atoms with Crippen LogP contribution in [0.5, 0.6) is 5.75 Å². The Bertz CT molecular complexity index is 1340. The number of fused-ring (bicyclic) bond motifs is 2. The van der Waals surface area contributed by atoms with Crippen LogP contribution in [0.4, 0.5) is 26.3 Å². The highest BCUT2D eigenvalue weighted by Crippen LogP contribution is 2.57. The Balaban J connectivity index is 1.13. The molecule has 1 aliphatic heterocycles. The highest BCUT2D eigenvalue weighted by atomic mass is 19.4. The molecular weight excluding hydrogens is 558 g/mol. The molecule has 2 aromatic rings. The lowest BCUT2D eigenvalue weighted by Gasteiger charge is -2.47. The van der Waals surface area contributed by atoms with Gasteiger partial charge in [0.15, 0.2) is 0 Å². The molecule has 1 N–H and O–H groups in total. The van der Waals surface area contributed by atoms with Crippen molar-refractivity contribution < 1.29 is 35.9 Å². The number of amides is 1. The van der Waals surface area contributed by atoms with Gasteiger partial charge in [0.25, 0.3) is 0 Å². The van der Waals surface area contributed by atoms with E-state index in [2.05, 4.69) is 46.1 Å². The van der Waals surface area contributed by atoms with E-state index in [0.29, 0.717) is 24.8 Å². The summed E-state index contributed by atoms with van der Waals surface area (Å²) in [6, 6.07) is 11.0. The van der Waals surface area contributed by atoms with E-state index in [-0.39, 0.29) is 35.4 Å². The summed E-state index contributed by atoms with van der Waals surface area (Å²) in [6.45, 7) is 3.97. The van der Waals surface area contributed by atoms with Crippen LogP contribution in [0, 0.1) is 17.3 Å². The third-order valence-electron chi connectivity index (χ3n) is 10.5. The van der Waals surface area contributed by atoms with Crippen LogP contribution in [0.1, 0.15) is 74.1 Å². The summed E-state index contributed by atoms with van der Waals surface area (Å²) in [5.41, 5.74) is 1.21. The Hall–Kier alpha value is -2.75. The molecule has 3 aliphatic carbocycles. The smallest absolute Gasteiger partial charge is 0.406 e. The molecule has 10 heteroatoms. The number of halogens is 6. The van der Waals surface area contributed by atoms with Gasteiger partial charge in [0, 0.05) is 24.5 Å². The monoisotopic (exact) mass is 594 g/mol. The van der Waals surface area contributed by atoms with E-state index in [9.17, 15) is 31.1 Å². The number of benzene rings is 2. The third-order valence-corrected chi connectivity index (χ3v) is 10.5. The number of hydrogen-bond acceptors (Lipinski definition) is 3. The number of likely N-dealkylation sites (tertiary alicyclic amines) is 1. The van der Waals surface area contributed by atoms with Crippen molar-refractivity contribution in [1.29, 1.82) is 0 Å². The van der Waals surface area contributed by atoms with Gasteiger partial charge in [-0.3, -0.25) is 4.79 Å². The van der Waals surface area contributed by atoms with Crippen LogP contribution in [-0.2, 0) is 29.4 Å². The normalized spacial score (nSPS) is 30.0. The summed E-state index contributed by atoms with van der Waals surface area (Å²) in [7, 11) is 0. The van der Waals surface area contributed by atoms with Crippen molar-refractivity contribution in [3.05, 3.63) is 64.7 Å². The Morgan fingerprint density at radius 3 is 2.48 bits per heavy atom. The number of aryl methyl sites for hydroxylation is 1. The topological polar surface area (TPSA) is 41.6 Å². The van der Waals surface area contributed by atoms with E-state index in [1.165, 1.54) is 17.5 Å². The molecule has 1 saturated heterocycles. The van der Waals surface area contributed by atoms with Crippen LogP contribution >= 0.6 is 0 Å². The van der Waals surface area contributed by atoms with Crippen molar-refractivity contribution in [1.82, 2.24) is 10.2 Å². The highest BCUT2D eigenvalue weighted by Gasteiger charge is 2.56. The second kappa shape index (κ2) is 10.5. The third kappa shape index (κ3) is 5.51. The van der Waals surface area contributed by atoms with Gasteiger partial charge in [-0.2, -0.15) is 13.2 Å². The van der Waals surface area contributed by atoms with Crippen molar-refractivity contribution >= 4 is 5.91 Å². The predicted octanol–water partition coefficient (Wildman–Crippen LogP) is 7.40. The largest absolute Gasteiger partial charge is 0.573 e. The van der Waals surface area contributed by atoms with Crippen molar-refractivity contribution in [2.45, 2.75) is 88.8 Å². The van der Waals surface area contributed by atoms with Crippen molar-refractivity contribution in [3.8, 4) is 5.75 Å². The van der Waals surface area contributed by atoms with Crippen LogP contribution in [0.2, 0.25) is 0 Å². The first kappa shape index (κ1) is 29.3. The Labute approximate surface area is 241 Å².